The molecule has 1 atom stereocenters. The number of carbonyl (C=O) groups is 1. The van der Waals surface area contributed by atoms with Gasteiger partial charge in [0.2, 0.25) is 0 Å². The van der Waals surface area contributed by atoms with Crippen LogP contribution >= 0.6 is 0 Å². The number of aromatic amines is 1. The maximum Gasteiger partial charge on any atom is 0.314 e. The van der Waals surface area contributed by atoms with Crippen LogP contribution in [0.25, 0.3) is 0 Å². The Bertz CT molecular complexity index is 306. The molecule has 1 rings (SSSR count). The summed E-state index contributed by atoms with van der Waals surface area (Å²) in [6, 6.07) is 0. The van der Waals surface area contributed by atoms with E-state index in [9.17, 15) is 4.79 Å². The van der Waals surface area contributed by atoms with Crippen molar-refractivity contribution in [3.8, 4) is 0 Å². The third-order valence-electron chi connectivity index (χ3n) is 1.82. The van der Waals surface area contributed by atoms with Crippen LogP contribution in [0.4, 0.5) is 0 Å². The first-order chi connectivity index (χ1) is 6.02. The molecule has 0 aromatic carbocycles. The molecule has 1 aromatic rings. The molecule has 0 amide bonds. The predicted molar refractivity (Wildman–Crippen MR) is 46.5 cm³/mol. The van der Waals surface area contributed by atoms with E-state index in [1.54, 1.807) is 6.92 Å². The van der Waals surface area contributed by atoms with Crippen LogP contribution in [-0.2, 0) is 4.79 Å². The lowest BCUT2D eigenvalue weighted by molar-refractivity contribution is -0.138. The van der Waals surface area contributed by atoms with Gasteiger partial charge in [-0.2, -0.15) is 5.10 Å². The minimum atomic E-state index is -0.908. The first-order valence-electron chi connectivity index (χ1n) is 4.17. The Morgan fingerprint density at radius 1 is 1.46 bits per heavy atom. The van der Waals surface area contributed by atoms with E-state index in [0.29, 0.717) is 5.82 Å². The first-order valence-corrected chi connectivity index (χ1v) is 4.17. The van der Waals surface area contributed by atoms with E-state index >= 15 is 0 Å². The van der Waals surface area contributed by atoms with E-state index in [2.05, 4.69) is 15.2 Å². The van der Waals surface area contributed by atoms with Gasteiger partial charge < -0.3 is 5.11 Å². The monoisotopic (exact) mass is 183 g/mol. The van der Waals surface area contributed by atoms with Crippen molar-refractivity contribution in [2.75, 3.05) is 0 Å². The fourth-order valence-electron chi connectivity index (χ4n) is 0.850. The number of nitrogens with one attached hydrogen (secondary N) is 1. The molecule has 1 heterocycles. The summed E-state index contributed by atoms with van der Waals surface area (Å²) in [5, 5.41) is 15.2. The Balaban J connectivity index is 2.85. The molecular weight excluding hydrogens is 170 g/mol. The van der Waals surface area contributed by atoms with Crippen LogP contribution < -0.4 is 0 Å². The molecule has 1 unspecified atom stereocenters. The second-order valence-corrected chi connectivity index (χ2v) is 3.29. The number of carboxylic acids is 1. The van der Waals surface area contributed by atoms with Crippen molar-refractivity contribution < 1.29 is 9.90 Å². The van der Waals surface area contributed by atoms with Gasteiger partial charge in [0.05, 0.1) is 0 Å². The molecule has 0 aliphatic heterocycles. The molecule has 0 saturated carbocycles. The van der Waals surface area contributed by atoms with Gasteiger partial charge in [-0.05, 0) is 6.92 Å². The Morgan fingerprint density at radius 2 is 2.08 bits per heavy atom. The van der Waals surface area contributed by atoms with E-state index < -0.39 is 11.9 Å². The summed E-state index contributed by atoms with van der Waals surface area (Å²) in [4.78, 5) is 14.7. The molecule has 0 radical (unpaired) electrons. The number of H-pyrrole nitrogens is 1. The van der Waals surface area contributed by atoms with Crippen LogP contribution in [0, 0.1) is 0 Å². The van der Waals surface area contributed by atoms with Crippen molar-refractivity contribution in [1.29, 1.82) is 0 Å². The minimum absolute atomic E-state index is 0.238. The molecule has 72 valence electrons. The van der Waals surface area contributed by atoms with E-state index in [0.717, 1.165) is 5.82 Å². The second kappa shape index (κ2) is 3.55. The van der Waals surface area contributed by atoms with E-state index in [1.165, 1.54) is 0 Å². The molecule has 0 fully saturated rings. The Kier molecular flexibility index (Phi) is 2.65. The van der Waals surface area contributed by atoms with Crippen LogP contribution in [0.3, 0.4) is 0 Å². The first kappa shape index (κ1) is 9.70. The highest BCUT2D eigenvalue weighted by Crippen LogP contribution is 2.13. The predicted octanol–water partition coefficient (Wildman–Crippen LogP) is 1.12. The zero-order chi connectivity index (χ0) is 10.0. The molecule has 2 N–H and O–H groups in total. The van der Waals surface area contributed by atoms with Crippen molar-refractivity contribution in [3.05, 3.63) is 11.6 Å². The van der Waals surface area contributed by atoms with Gasteiger partial charge in [0.15, 0.2) is 5.82 Å². The molecule has 5 nitrogen and oxygen atoms in total. The molecule has 5 heteroatoms. The zero-order valence-electron chi connectivity index (χ0n) is 7.90. The highest BCUT2D eigenvalue weighted by Gasteiger charge is 2.19. The van der Waals surface area contributed by atoms with E-state index in [-0.39, 0.29) is 5.92 Å². The summed E-state index contributed by atoms with van der Waals surface area (Å²) in [6.45, 7) is 5.50. The largest absolute Gasteiger partial charge is 0.481 e. The minimum Gasteiger partial charge on any atom is -0.481 e. The molecule has 1 aromatic heterocycles. The Morgan fingerprint density at radius 3 is 2.46 bits per heavy atom. The standard InChI is InChI=1S/C8H13N3O2/c1-4(2)6-9-7(11-10-6)5(3)8(12)13/h4-5H,1-3H3,(H,12,13)(H,9,10,11). The van der Waals surface area contributed by atoms with Crippen molar-refractivity contribution in [3.63, 3.8) is 0 Å². The van der Waals surface area contributed by atoms with E-state index in [1.807, 2.05) is 13.8 Å². The molecule has 0 bridgehead atoms. The van der Waals surface area contributed by atoms with Gasteiger partial charge >= 0.3 is 5.97 Å². The molecule has 13 heavy (non-hydrogen) atoms. The molecule has 0 spiro atoms. The maximum atomic E-state index is 10.6. The smallest absolute Gasteiger partial charge is 0.314 e. The lowest BCUT2D eigenvalue weighted by Gasteiger charge is -1.98. The fourth-order valence-corrected chi connectivity index (χ4v) is 0.850. The van der Waals surface area contributed by atoms with Crippen LogP contribution in [0.1, 0.15) is 44.3 Å². The molecule has 0 aliphatic carbocycles. The fraction of sp³-hybridized carbons (Fsp3) is 0.625. The second-order valence-electron chi connectivity index (χ2n) is 3.29. The third kappa shape index (κ3) is 2.05. The Labute approximate surface area is 76.2 Å². The third-order valence-corrected chi connectivity index (χ3v) is 1.82. The Hall–Kier alpha value is -1.39. The van der Waals surface area contributed by atoms with Crippen LogP contribution in [0.5, 0.6) is 0 Å². The van der Waals surface area contributed by atoms with Gasteiger partial charge in [-0.15, -0.1) is 0 Å². The van der Waals surface area contributed by atoms with Crippen LogP contribution in [0.15, 0.2) is 0 Å². The van der Waals surface area contributed by atoms with Gasteiger partial charge in [0.1, 0.15) is 11.7 Å². The van der Waals surface area contributed by atoms with Crippen molar-refractivity contribution in [2.45, 2.75) is 32.6 Å². The number of carboxylic acid groups (broad SMARTS) is 1. The summed E-state index contributed by atoms with van der Waals surface area (Å²) < 4.78 is 0. The highest BCUT2D eigenvalue weighted by atomic mass is 16.4. The number of aromatic nitrogens is 3. The summed E-state index contributed by atoms with van der Waals surface area (Å²) >= 11 is 0. The van der Waals surface area contributed by atoms with Crippen molar-refractivity contribution in [1.82, 2.24) is 15.2 Å². The number of nitrogens with zero attached hydrogens (tertiary/aromatic N) is 2. The summed E-state index contributed by atoms with van der Waals surface area (Å²) in [5.41, 5.74) is 0. The normalized spacial score (nSPS) is 13.2. The maximum absolute atomic E-state index is 10.6. The number of hydrogen-bond donors (Lipinski definition) is 2. The zero-order valence-corrected chi connectivity index (χ0v) is 7.90. The van der Waals surface area contributed by atoms with Gasteiger partial charge in [-0.25, -0.2) is 4.98 Å². The van der Waals surface area contributed by atoms with Gasteiger partial charge in [-0.1, -0.05) is 13.8 Å². The number of hydrogen-bond acceptors (Lipinski definition) is 3. The van der Waals surface area contributed by atoms with Gasteiger partial charge in [0.25, 0.3) is 0 Å². The number of aliphatic carboxylic acids is 1. The van der Waals surface area contributed by atoms with Crippen LogP contribution in [-0.4, -0.2) is 26.3 Å². The summed E-state index contributed by atoms with van der Waals surface area (Å²) in [5.74, 6) is -0.250. The average Bonchev–Trinajstić information content (AvgIpc) is 2.50. The summed E-state index contributed by atoms with van der Waals surface area (Å²) in [7, 11) is 0. The quantitative estimate of drug-likeness (QED) is 0.735. The van der Waals surface area contributed by atoms with Crippen molar-refractivity contribution in [2.24, 2.45) is 0 Å². The van der Waals surface area contributed by atoms with E-state index in [4.69, 9.17) is 5.11 Å². The molecular formula is C8H13N3O2. The van der Waals surface area contributed by atoms with Crippen LogP contribution in [0.2, 0.25) is 0 Å². The average molecular weight is 183 g/mol. The molecule has 0 saturated heterocycles. The lowest BCUT2D eigenvalue weighted by atomic mass is 10.2. The van der Waals surface area contributed by atoms with Crippen molar-refractivity contribution >= 4 is 5.97 Å². The molecule has 0 aliphatic rings. The summed E-state index contributed by atoms with van der Waals surface area (Å²) in [6.07, 6.45) is 0. The highest BCUT2D eigenvalue weighted by molar-refractivity contribution is 5.74. The van der Waals surface area contributed by atoms with Gasteiger partial charge in [0, 0.05) is 5.92 Å². The lowest BCUT2D eigenvalue weighted by Crippen LogP contribution is -2.09. The SMILES string of the molecule is CC(C)c1nc(C(C)C(=O)O)n[nH]1. The van der Waals surface area contributed by atoms with Gasteiger partial charge in [-0.3, -0.25) is 9.89 Å². The topological polar surface area (TPSA) is 78.9 Å². The number of rotatable bonds is 3.